The van der Waals surface area contributed by atoms with E-state index in [2.05, 4.69) is 0 Å². The number of ether oxygens (including phenoxy) is 2. The van der Waals surface area contributed by atoms with Gasteiger partial charge in [0.15, 0.2) is 0 Å². The molecule has 6 heteroatoms. The van der Waals surface area contributed by atoms with Gasteiger partial charge in [0.25, 0.3) is 12.6 Å². The molecule has 0 aromatic heterocycles. The van der Waals surface area contributed by atoms with E-state index in [1.54, 1.807) is 0 Å². The Morgan fingerprint density at radius 2 is 1.15 bits per heavy atom. The maximum absolute atomic E-state index is 11.7. The van der Waals surface area contributed by atoms with E-state index >= 15 is 0 Å². The van der Waals surface area contributed by atoms with Gasteiger partial charge in [0.2, 0.25) is 0 Å². The van der Waals surface area contributed by atoms with Gasteiger partial charge < -0.3 is 9.47 Å². The minimum absolute atomic E-state index is 0.0155. The average Bonchev–Trinajstić information content (AvgIpc) is 2.27. The van der Waals surface area contributed by atoms with E-state index < -0.39 is 12.6 Å². The minimum Gasteiger partial charge on any atom is -0.335 e. The predicted octanol–water partition coefficient (Wildman–Crippen LogP) is 3.73. The van der Waals surface area contributed by atoms with Crippen molar-refractivity contribution in [3.63, 3.8) is 0 Å². The summed E-state index contributed by atoms with van der Waals surface area (Å²) in [4.78, 5) is 21.9. The van der Waals surface area contributed by atoms with E-state index in [4.69, 9.17) is 19.1 Å². The second-order valence-electron chi connectivity index (χ2n) is 5.24. The average molecular weight is 292 g/mol. The topological polar surface area (TPSA) is 57.0 Å². The largest absolute Gasteiger partial charge is 0.482 e. The van der Waals surface area contributed by atoms with Gasteiger partial charge in [0, 0.05) is 12.8 Å². The minimum atomic E-state index is -0.598. The van der Waals surface area contributed by atoms with Crippen molar-refractivity contribution in [1.29, 1.82) is 0 Å². The van der Waals surface area contributed by atoms with Gasteiger partial charge in [-0.05, 0) is 40.5 Å². The molecule has 0 saturated carbocycles. The van der Waals surface area contributed by atoms with Crippen LogP contribution in [-0.2, 0) is 19.1 Å². The fraction of sp³-hybridized carbons (Fsp3) is 1.00. The quantitative estimate of drug-likeness (QED) is 0.405. The summed E-state index contributed by atoms with van der Waals surface area (Å²) in [5, 5.41) is 0.116. The van der Waals surface area contributed by atoms with Crippen LogP contribution in [0.5, 0.6) is 0 Å². The highest BCUT2D eigenvalue weighted by atomic mass is 17.1. The summed E-state index contributed by atoms with van der Waals surface area (Å²) >= 11 is 0. The lowest BCUT2D eigenvalue weighted by molar-refractivity contribution is -1.00. The standard InChI is InChI=1S/C14H30NO5/c1-7-9-13(17-11(3)4)19-15(16)20-14(10-8-2)18-12(5)6/h11-14H,7-10H2,1-6H3/q+1. The summed E-state index contributed by atoms with van der Waals surface area (Å²) < 4.78 is 11.0. The molecular formula is C14H30NO5+. The van der Waals surface area contributed by atoms with E-state index in [9.17, 15) is 4.91 Å². The number of hydrogen-bond acceptors (Lipinski definition) is 5. The molecule has 0 aromatic rings. The molecular weight excluding hydrogens is 262 g/mol. The third-order valence-electron chi connectivity index (χ3n) is 2.30. The number of hydrogen-bond donors (Lipinski definition) is 0. The molecule has 0 saturated heterocycles. The van der Waals surface area contributed by atoms with Crippen LogP contribution >= 0.6 is 0 Å². The van der Waals surface area contributed by atoms with Crippen molar-refractivity contribution in [2.24, 2.45) is 0 Å². The summed E-state index contributed by atoms with van der Waals surface area (Å²) in [5.41, 5.74) is 0. The lowest BCUT2D eigenvalue weighted by atomic mass is 10.3. The van der Waals surface area contributed by atoms with Crippen molar-refractivity contribution in [2.45, 2.75) is 92.0 Å². The van der Waals surface area contributed by atoms with Crippen LogP contribution in [0.3, 0.4) is 0 Å². The summed E-state index contributed by atoms with van der Waals surface area (Å²) in [7, 11) is 0. The fourth-order valence-electron chi connectivity index (χ4n) is 1.59. The van der Waals surface area contributed by atoms with E-state index in [1.807, 2.05) is 41.5 Å². The molecule has 0 radical (unpaired) electrons. The van der Waals surface area contributed by atoms with Gasteiger partial charge in [0.1, 0.15) is 4.91 Å². The molecule has 0 fully saturated rings. The molecule has 0 amide bonds. The van der Waals surface area contributed by atoms with Crippen LogP contribution in [0.15, 0.2) is 0 Å². The van der Waals surface area contributed by atoms with Gasteiger partial charge in [-0.2, -0.15) is 9.68 Å². The first-order valence-electron chi connectivity index (χ1n) is 7.50. The SMILES string of the molecule is CCCC(OC(C)C)O[N+](=O)OC(CCC)OC(C)C. The maximum Gasteiger partial charge on any atom is 0.482 e. The maximum atomic E-state index is 11.7. The van der Waals surface area contributed by atoms with Crippen LogP contribution < -0.4 is 0 Å². The highest BCUT2D eigenvalue weighted by Gasteiger charge is 2.28. The van der Waals surface area contributed by atoms with E-state index in [0.29, 0.717) is 12.8 Å². The molecule has 2 atom stereocenters. The van der Waals surface area contributed by atoms with Crippen LogP contribution in [-0.4, -0.2) is 29.9 Å². The second-order valence-corrected chi connectivity index (χ2v) is 5.24. The van der Waals surface area contributed by atoms with Crippen molar-refractivity contribution in [1.82, 2.24) is 0 Å². The Bertz CT molecular complexity index is 234. The summed E-state index contributed by atoms with van der Waals surface area (Å²) in [6, 6.07) is 0. The zero-order valence-electron chi connectivity index (χ0n) is 13.6. The molecule has 2 unspecified atom stereocenters. The molecule has 20 heavy (non-hydrogen) atoms. The molecule has 0 aliphatic carbocycles. The molecule has 0 N–H and O–H groups in total. The van der Waals surface area contributed by atoms with Gasteiger partial charge >= 0.3 is 5.09 Å². The fourth-order valence-corrected chi connectivity index (χ4v) is 1.59. The first kappa shape index (κ1) is 19.1. The van der Waals surface area contributed by atoms with Crippen LogP contribution in [0, 0.1) is 4.91 Å². The molecule has 0 aliphatic heterocycles. The van der Waals surface area contributed by atoms with Gasteiger partial charge in [0.05, 0.1) is 12.2 Å². The Morgan fingerprint density at radius 3 is 1.40 bits per heavy atom. The van der Waals surface area contributed by atoms with Crippen molar-refractivity contribution in [3.05, 3.63) is 4.91 Å². The van der Waals surface area contributed by atoms with Gasteiger partial charge in [-0.3, -0.25) is 0 Å². The van der Waals surface area contributed by atoms with Crippen LogP contribution in [0.4, 0.5) is 0 Å². The summed E-state index contributed by atoms with van der Waals surface area (Å²) in [6.45, 7) is 11.6. The molecule has 0 heterocycles. The summed E-state index contributed by atoms with van der Waals surface area (Å²) in [5.74, 6) is 0. The van der Waals surface area contributed by atoms with Crippen molar-refractivity contribution in [2.75, 3.05) is 0 Å². The molecule has 6 nitrogen and oxygen atoms in total. The lowest BCUT2D eigenvalue weighted by Gasteiger charge is -2.16. The molecule has 0 aliphatic rings. The molecule has 0 aromatic carbocycles. The first-order valence-corrected chi connectivity index (χ1v) is 7.50. The Kier molecular flexibility index (Phi) is 10.4. The Morgan fingerprint density at radius 1 is 0.800 bits per heavy atom. The van der Waals surface area contributed by atoms with Crippen LogP contribution in [0.1, 0.15) is 67.2 Å². The zero-order valence-corrected chi connectivity index (χ0v) is 13.6. The van der Waals surface area contributed by atoms with E-state index in [1.165, 1.54) is 0 Å². The smallest absolute Gasteiger partial charge is 0.335 e. The van der Waals surface area contributed by atoms with Crippen LogP contribution in [0.25, 0.3) is 0 Å². The molecule has 120 valence electrons. The first-order chi connectivity index (χ1) is 9.38. The van der Waals surface area contributed by atoms with Crippen molar-refractivity contribution < 1.29 is 24.2 Å². The monoisotopic (exact) mass is 292 g/mol. The van der Waals surface area contributed by atoms with Gasteiger partial charge in [-0.15, -0.1) is 0 Å². The highest BCUT2D eigenvalue weighted by Crippen LogP contribution is 2.11. The van der Waals surface area contributed by atoms with Crippen molar-refractivity contribution >= 4 is 0 Å². The lowest BCUT2D eigenvalue weighted by Crippen LogP contribution is -2.31. The van der Waals surface area contributed by atoms with E-state index in [-0.39, 0.29) is 17.3 Å². The highest BCUT2D eigenvalue weighted by molar-refractivity contribution is 4.45. The molecule has 0 spiro atoms. The number of nitrogens with zero attached hydrogens (tertiary/aromatic N) is 1. The second kappa shape index (κ2) is 10.9. The number of rotatable bonds is 12. The molecule has 0 rings (SSSR count). The van der Waals surface area contributed by atoms with Crippen molar-refractivity contribution in [3.8, 4) is 0 Å². The van der Waals surface area contributed by atoms with Gasteiger partial charge in [-0.1, -0.05) is 13.8 Å². The van der Waals surface area contributed by atoms with E-state index in [0.717, 1.165) is 12.8 Å². The zero-order chi connectivity index (χ0) is 15.5. The van der Waals surface area contributed by atoms with Crippen LogP contribution in [0.2, 0.25) is 0 Å². The Labute approximate surface area is 122 Å². The predicted molar refractivity (Wildman–Crippen MR) is 75.6 cm³/mol. The molecule has 0 bridgehead atoms. The van der Waals surface area contributed by atoms with Gasteiger partial charge in [-0.25, -0.2) is 0 Å². The normalized spacial score (nSPS) is 14.4. The Balaban J connectivity index is 4.31. The third kappa shape index (κ3) is 9.97. The third-order valence-corrected chi connectivity index (χ3v) is 2.30. The summed E-state index contributed by atoms with van der Waals surface area (Å²) in [6.07, 6.45) is 1.74. The Hall–Kier alpha value is -0.880.